The number of nitrogens with zero attached hydrogens (tertiary/aromatic N) is 4. The van der Waals surface area contributed by atoms with E-state index in [1.165, 1.54) is 4.68 Å². The Morgan fingerprint density at radius 2 is 1.91 bits per heavy atom. The van der Waals surface area contributed by atoms with Crippen LogP contribution in [0.4, 0.5) is 5.69 Å². The second-order valence-corrected chi connectivity index (χ2v) is 8.07. The Bertz CT molecular complexity index is 1190. The lowest BCUT2D eigenvalue weighted by Gasteiger charge is -2.31. The SMILES string of the molecule is NC(=O)C1CCCN(Cc2ccccc2NC(=O)CCn2nnc3ccccc3c2=O)C1. The summed E-state index contributed by atoms with van der Waals surface area (Å²) in [5.74, 6) is -0.608. The minimum atomic E-state index is -0.266. The number of amides is 2. The van der Waals surface area contributed by atoms with Gasteiger partial charge in [-0.05, 0) is 43.1 Å². The highest BCUT2D eigenvalue weighted by Gasteiger charge is 2.24. The highest BCUT2D eigenvalue weighted by atomic mass is 16.2. The molecule has 1 saturated heterocycles. The smallest absolute Gasteiger partial charge is 0.277 e. The molecule has 0 bridgehead atoms. The molecule has 2 amide bonds. The zero-order valence-corrected chi connectivity index (χ0v) is 17.7. The summed E-state index contributed by atoms with van der Waals surface area (Å²) in [6.07, 6.45) is 1.83. The van der Waals surface area contributed by atoms with Crippen LogP contribution >= 0.6 is 0 Å². The number of aryl methyl sites for hydroxylation is 1. The van der Waals surface area contributed by atoms with E-state index in [1.54, 1.807) is 24.3 Å². The molecule has 1 unspecified atom stereocenters. The number of anilines is 1. The molecule has 9 nitrogen and oxygen atoms in total. The van der Waals surface area contributed by atoms with Gasteiger partial charge in [-0.3, -0.25) is 19.3 Å². The van der Waals surface area contributed by atoms with Crippen LogP contribution in [0.2, 0.25) is 0 Å². The Balaban J connectivity index is 1.39. The highest BCUT2D eigenvalue weighted by Crippen LogP contribution is 2.22. The third-order valence-corrected chi connectivity index (χ3v) is 5.77. The molecule has 166 valence electrons. The number of hydrogen-bond donors (Lipinski definition) is 2. The Kier molecular flexibility index (Phi) is 6.55. The Labute approximate surface area is 185 Å². The van der Waals surface area contributed by atoms with Gasteiger partial charge in [-0.2, -0.15) is 0 Å². The molecule has 1 aromatic heterocycles. The maximum Gasteiger partial charge on any atom is 0.277 e. The summed E-state index contributed by atoms with van der Waals surface area (Å²) in [6, 6.07) is 14.6. The number of rotatable bonds is 7. The highest BCUT2D eigenvalue weighted by molar-refractivity contribution is 5.91. The molecular formula is C23H26N6O3. The molecule has 9 heteroatoms. The van der Waals surface area contributed by atoms with E-state index in [0.717, 1.165) is 30.6 Å². The zero-order chi connectivity index (χ0) is 22.5. The number of piperidine rings is 1. The summed E-state index contributed by atoms with van der Waals surface area (Å²) in [5, 5.41) is 11.4. The second-order valence-electron chi connectivity index (χ2n) is 8.07. The van der Waals surface area contributed by atoms with Crippen molar-refractivity contribution in [2.75, 3.05) is 18.4 Å². The first-order valence-electron chi connectivity index (χ1n) is 10.7. The summed E-state index contributed by atoms with van der Waals surface area (Å²) in [6.45, 7) is 2.27. The van der Waals surface area contributed by atoms with Gasteiger partial charge in [0.1, 0.15) is 5.52 Å². The predicted molar refractivity (Wildman–Crippen MR) is 121 cm³/mol. The number of likely N-dealkylation sites (tertiary alicyclic amines) is 1. The molecule has 0 aliphatic carbocycles. The van der Waals surface area contributed by atoms with Crippen molar-refractivity contribution in [1.82, 2.24) is 19.9 Å². The molecule has 1 fully saturated rings. The van der Waals surface area contributed by atoms with Crippen molar-refractivity contribution >= 4 is 28.4 Å². The fourth-order valence-corrected chi connectivity index (χ4v) is 4.04. The number of carbonyl (C=O) groups is 2. The first-order chi connectivity index (χ1) is 15.5. The van der Waals surface area contributed by atoms with Gasteiger partial charge in [0.05, 0.1) is 17.8 Å². The molecular weight excluding hydrogens is 408 g/mol. The first-order valence-corrected chi connectivity index (χ1v) is 10.7. The van der Waals surface area contributed by atoms with Crippen molar-refractivity contribution in [3.63, 3.8) is 0 Å². The lowest BCUT2D eigenvalue weighted by molar-refractivity contribution is -0.123. The summed E-state index contributed by atoms with van der Waals surface area (Å²) in [7, 11) is 0. The van der Waals surface area contributed by atoms with Crippen molar-refractivity contribution < 1.29 is 9.59 Å². The second kappa shape index (κ2) is 9.69. The number of aromatic nitrogens is 3. The number of primary amides is 1. The molecule has 2 heterocycles. The van der Waals surface area contributed by atoms with Gasteiger partial charge in [0, 0.05) is 25.2 Å². The van der Waals surface area contributed by atoms with E-state index in [-0.39, 0.29) is 36.3 Å². The Morgan fingerprint density at radius 3 is 2.75 bits per heavy atom. The van der Waals surface area contributed by atoms with Gasteiger partial charge >= 0.3 is 0 Å². The van der Waals surface area contributed by atoms with Crippen LogP contribution in [0.5, 0.6) is 0 Å². The van der Waals surface area contributed by atoms with Crippen molar-refractivity contribution in [2.24, 2.45) is 11.7 Å². The number of para-hydroxylation sites is 1. The summed E-state index contributed by atoms with van der Waals surface area (Å²) >= 11 is 0. The number of fused-ring (bicyclic) bond motifs is 1. The quantitative estimate of drug-likeness (QED) is 0.581. The van der Waals surface area contributed by atoms with Gasteiger partial charge < -0.3 is 11.1 Å². The molecule has 4 rings (SSSR count). The van der Waals surface area contributed by atoms with Gasteiger partial charge in [-0.15, -0.1) is 5.10 Å². The molecule has 1 atom stereocenters. The van der Waals surface area contributed by atoms with E-state index in [1.807, 2.05) is 24.3 Å². The molecule has 3 aromatic rings. The summed E-state index contributed by atoms with van der Waals surface area (Å²) < 4.78 is 1.21. The van der Waals surface area contributed by atoms with Gasteiger partial charge in [0.15, 0.2) is 0 Å². The van der Waals surface area contributed by atoms with Crippen LogP contribution in [-0.4, -0.2) is 44.8 Å². The van der Waals surface area contributed by atoms with Gasteiger partial charge in [0.25, 0.3) is 5.56 Å². The lowest BCUT2D eigenvalue weighted by atomic mass is 9.97. The molecule has 1 aliphatic heterocycles. The van der Waals surface area contributed by atoms with Crippen LogP contribution in [-0.2, 0) is 22.7 Å². The average molecular weight is 435 g/mol. The maximum atomic E-state index is 12.6. The van der Waals surface area contributed by atoms with Crippen molar-refractivity contribution in [1.29, 1.82) is 0 Å². The van der Waals surface area contributed by atoms with Gasteiger partial charge in [-0.25, -0.2) is 4.68 Å². The Hall–Kier alpha value is -3.59. The fraction of sp³-hybridized carbons (Fsp3) is 0.348. The van der Waals surface area contributed by atoms with Crippen LogP contribution in [0.25, 0.3) is 10.9 Å². The largest absolute Gasteiger partial charge is 0.369 e. The summed E-state index contributed by atoms with van der Waals surface area (Å²) in [5.41, 5.74) is 7.43. The van der Waals surface area contributed by atoms with E-state index in [2.05, 4.69) is 20.5 Å². The summed E-state index contributed by atoms with van der Waals surface area (Å²) in [4.78, 5) is 38.9. The first kappa shape index (κ1) is 21.6. The lowest BCUT2D eigenvalue weighted by Crippen LogP contribution is -2.40. The van der Waals surface area contributed by atoms with Gasteiger partial charge in [-0.1, -0.05) is 35.5 Å². The minimum Gasteiger partial charge on any atom is -0.369 e. The molecule has 3 N–H and O–H groups in total. The third-order valence-electron chi connectivity index (χ3n) is 5.77. The number of carbonyl (C=O) groups excluding carboxylic acids is 2. The number of nitrogens with two attached hydrogens (primary N) is 1. The predicted octanol–water partition coefficient (Wildman–Crippen LogP) is 1.52. The molecule has 0 saturated carbocycles. The van der Waals surface area contributed by atoms with E-state index in [4.69, 9.17) is 5.73 Å². The average Bonchev–Trinajstić information content (AvgIpc) is 2.80. The van der Waals surface area contributed by atoms with Crippen molar-refractivity contribution in [3.8, 4) is 0 Å². The van der Waals surface area contributed by atoms with E-state index < -0.39 is 0 Å². The van der Waals surface area contributed by atoms with Gasteiger partial charge in [0.2, 0.25) is 11.8 Å². The molecule has 0 radical (unpaired) electrons. The molecule has 0 spiro atoms. The van der Waals surface area contributed by atoms with Crippen LogP contribution in [0.15, 0.2) is 53.3 Å². The van der Waals surface area contributed by atoms with Crippen LogP contribution < -0.4 is 16.6 Å². The third kappa shape index (κ3) is 5.00. The number of nitrogens with one attached hydrogen (secondary N) is 1. The zero-order valence-electron chi connectivity index (χ0n) is 17.7. The van der Waals surface area contributed by atoms with Crippen LogP contribution in [0.3, 0.4) is 0 Å². The monoisotopic (exact) mass is 434 g/mol. The molecule has 32 heavy (non-hydrogen) atoms. The fourth-order valence-electron chi connectivity index (χ4n) is 4.04. The number of benzene rings is 2. The standard InChI is InChI=1S/C23H26N6O3/c24-22(31)17-7-5-12-28(15-17)14-16-6-1-3-9-19(16)25-21(30)11-13-29-23(32)18-8-2-4-10-20(18)26-27-29/h1-4,6,8-10,17H,5,7,11-15H2,(H2,24,31)(H,25,30). The topological polar surface area (TPSA) is 123 Å². The minimum absolute atomic E-state index is 0.0920. The number of hydrogen-bond acceptors (Lipinski definition) is 6. The van der Waals surface area contributed by atoms with Crippen molar-refractivity contribution in [3.05, 3.63) is 64.4 Å². The van der Waals surface area contributed by atoms with E-state index in [9.17, 15) is 14.4 Å². The normalized spacial score (nSPS) is 16.7. The Morgan fingerprint density at radius 1 is 1.12 bits per heavy atom. The van der Waals surface area contributed by atoms with E-state index >= 15 is 0 Å². The maximum absolute atomic E-state index is 12.6. The van der Waals surface area contributed by atoms with Crippen LogP contribution in [0, 0.1) is 5.92 Å². The van der Waals surface area contributed by atoms with Crippen LogP contribution in [0.1, 0.15) is 24.8 Å². The van der Waals surface area contributed by atoms with E-state index in [0.29, 0.717) is 24.0 Å². The van der Waals surface area contributed by atoms with Crippen molar-refractivity contribution in [2.45, 2.75) is 32.4 Å². The molecule has 2 aromatic carbocycles. The molecule has 1 aliphatic rings.